The molecule has 0 spiro atoms. The van der Waals surface area contributed by atoms with Crippen molar-refractivity contribution in [1.29, 1.82) is 0 Å². The standard InChI is InChI=1S/C19H26N4O2/c1-13-10-14(2)22-18(24)16(13)11-20-19(25)21-12-17(23(3)4)15-8-6-5-7-9-15/h5-10,17H,11-12H2,1-4H3,(H,22,24)(H2,20,21,25)/t17-/m1/s1. The predicted molar refractivity (Wildman–Crippen MR) is 99.6 cm³/mol. The second kappa shape index (κ2) is 8.48. The highest BCUT2D eigenvalue weighted by Gasteiger charge is 2.15. The average molecular weight is 342 g/mol. The van der Waals surface area contributed by atoms with Crippen LogP contribution in [0.5, 0.6) is 0 Å². The van der Waals surface area contributed by atoms with Gasteiger partial charge in [-0.2, -0.15) is 0 Å². The maximum atomic E-state index is 12.1. The Morgan fingerprint density at radius 1 is 1.16 bits per heavy atom. The molecule has 0 fully saturated rings. The van der Waals surface area contributed by atoms with Crippen LogP contribution in [0.2, 0.25) is 0 Å². The molecule has 0 aliphatic rings. The Bertz CT molecular complexity index is 769. The van der Waals surface area contributed by atoms with E-state index in [0.29, 0.717) is 12.1 Å². The third-order valence-corrected chi connectivity index (χ3v) is 4.18. The maximum absolute atomic E-state index is 12.1. The molecule has 0 aliphatic carbocycles. The summed E-state index contributed by atoms with van der Waals surface area (Å²) in [7, 11) is 3.96. The third kappa shape index (κ3) is 5.19. The van der Waals surface area contributed by atoms with Gasteiger partial charge in [-0.15, -0.1) is 0 Å². The SMILES string of the molecule is Cc1cc(C)c(CNC(=O)NC[C@H](c2ccccc2)N(C)C)c(=O)[nH]1. The zero-order chi connectivity index (χ0) is 18.4. The van der Waals surface area contributed by atoms with E-state index in [-0.39, 0.29) is 24.2 Å². The molecule has 0 aliphatic heterocycles. The number of hydrogen-bond donors (Lipinski definition) is 3. The van der Waals surface area contributed by atoms with E-state index in [4.69, 9.17) is 0 Å². The van der Waals surface area contributed by atoms with E-state index in [2.05, 4.69) is 20.5 Å². The van der Waals surface area contributed by atoms with Crippen molar-refractivity contribution < 1.29 is 4.79 Å². The summed E-state index contributed by atoms with van der Waals surface area (Å²) in [6, 6.07) is 11.7. The molecule has 0 unspecified atom stereocenters. The van der Waals surface area contributed by atoms with Crippen LogP contribution in [0.15, 0.2) is 41.2 Å². The van der Waals surface area contributed by atoms with E-state index >= 15 is 0 Å². The number of nitrogens with one attached hydrogen (secondary N) is 3. The van der Waals surface area contributed by atoms with Crippen molar-refractivity contribution in [1.82, 2.24) is 20.5 Å². The van der Waals surface area contributed by atoms with E-state index in [0.717, 1.165) is 16.8 Å². The first-order valence-electron chi connectivity index (χ1n) is 8.31. The maximum Gasteiger partial charge on any atom is 0.315 e. The van der Waals surface area contributed by atoms with Crippen LogP contribution in [-0.4, -0.2) is 36.6 Å². The Labute approximate surface area is 148 Å². The minimum atomic E-state index is -0.290. The molecule has 1 heterocycles. The summed E-state index contributed by atoms with van der Waals surface area (Å²) >= 11 is 0. The molecule has 1 aromatic heterocycles. The van der Waals surface area contributed by atoms with Crippen LogP contribution in [0.1, 0.15) is 28.4 Å². The van der Waals surface area contributed by atoms with Crippen LogP contribution >= 0.6 is 0 Å². The van der Waals surface area contributed by atoms with E-state index < -0.39 is 0 Å². The van der Waals surface area contributed by atoms with Gasteiger partial charge >= 0.3 is 6.03 Å². The van der Waals surface area contributed by atoms with Crippen LogP contribution in [0, 0.1) is 13.8 Å². The number of nitrogens with zero attached hydrogens (tertiary/aromatic N) is 1. The normalized spacial score (nSPS) is 12.0. The van der Waals surface area contributed by atoms with Gasteiger partial charge in [0.25, 0.3) is 5.56 Å². The van der Waals surface area contributed by atoms with Crippen LogP contribution in [0.3, 0.4) is 0 Å². The number of amides is 2. The number of benzene rings is 1. The molecule has 134 valence electrons. The van der Waals surface area contributed by atoms with Gasteiger partial charge in [0.05, 0.1) is 12.6 Å². The highest BCUT2D eigenvalue weighted by Crippen LogP contribution is 2.16. The number of H-pyrrole nitrogens is 1. The lowest BCUT2D eigenvalue weighted by Crippen LogP contribution is -2.41. The smallest absolute Gasteiger partial charge is 0.315 e. The number of aromatic nitrogens is 1. The number of likely N-dealkylation sites (N-methyl/N-ethyl adjacent to an activating group) is 1. The number of rotatable bonds is 6. The zero-order valence-corrected chi connectivity index (χ0v) is 15.2. The van der Waals surface area contributed by atoms with Gasteiger partial charge in [-0.3, -0.25) is 4.79 Å². The molecule has 3 N–H and O–H groups in total. The fourth-order valence-corrected chi connectivity index (χ4v) is 2.80. The minimum Gasteiger partial charge on any atom is -0.336 e. The van der Waals surface area contributed by atoms with Crippen molar-refractivity contribution >= 4 is 6.03 Å². The van der Waals surface area contributed by atoms with Crippen molar-refractivity contribution in [2.24, 2.45) is 0 Å². The first kappa shape index (κ1) is 18.7. The Hall–Kier alpha value is -2.60. The van der Waals surface area contributed by atoms with Crippen molar-refractivity contribution in [3.05, 3.63) is 69.1 Å². The molecule has 2 amide bonds. The van der Waals surface area contributed by atoms with Crippen molar-refractivity contribution in [3.8, 4) is 0 Å². The molecule has 6 nitrogen and oxygen atoms in total. The molecule has 25 heavy (non-hydrogen) atoms. The van der Waals surface area contributed by atoms with Crippen LogP contribution in [0.4, 0.5) is 4.79 Å². The molecular formula is C19H26N4O2. The lowest BCUT2D eigenvalue weighted by Gasteiger charge is -2.25. The molecule has 1 atom stereocenters. The summed E-state index contributed by atoms with van der Waals surface area (Å²) in [6.07, 6.45) is 0. The largest absolute Gasteiger partial charge is 0.336 e. The Balaban J connectivity index is 1.93. The van der Waals surface area contributed by atoms with Crippen LogP contribution < -0.4 is 16.2 Å². The molecule has 2 aromatic rings. The number of urea groups is 1. The van der Waals surface area contributed by atoms with E-state index in [9.17, 15) is 9.59 Å². The van der Waals surface area contributed by atoms with Crippen LogP contribution in [0.25, 0.3) is 0 Å². The Kier molecular flexibility index (Phi) is 6.36. The summed E-state index contributed by atoms with van der Waals surface area (Å²) in [5.41, 5.74) is 3.24. The highest BCUT2D eigenvalue weighted by molar-refractivity contribution is 5.73. The number of pyridine rings is 1. The number of aryl methyl sites for hydroxylation is 2. The summed E-state index contributed by atoms with van der Waals surface area (Å²) in [6.45, 7) is 4.38. The average Bonchev–Trinajstić information content (AvgIpc) is 2.54. The lowest BCUT2D eigenvalue weighted by atomic mass is 10.1. The number of carbonyl (C=O) groups is 1. The molecule has 2 rings (SSSR count). The van der Waals surface area contributed by atoms with Gasteiger partial charge in [-0.1, -0.05) is 30.3 Å². The van der Waals surface area contributed by atoms with Crippen molar-refractivity contribution in [3.63, 3.8) is 0 Å². The third-order valence-electron chi connectivity index (χ3n) is 4.18. The number of carbonyl (C=O) groups excluding carboxylic acids is 1. The summed E-state index contributed by atoms with van der Waals surface area (Å²) < 4.78 is 0. The topological polar surface area (TPSA) is 77.2 Å². The second-order valence-electron chi connectivity index (χ2n) is 6.40. The number of hydrogen-bond acceptors (Lipinski definition) is 3. The molecular weight excluding hydrogens is 316 g/mol. The summed E-state index contributed by atoms with van der Waals surface area (Å²) in [5.74, 6) is 0. The first-order valence-corrected chi connectivity index (χ1v) is 8.31. The molecule has 1 aromatic carbocycles. The molecule has 6 heteroatoms. The highest BCUT2D eigenvalue weighted by atomic mass is 16.2. The summed E-state index contributed by atoms with van der Waals surface area (Å²) in [5, 5.41) is 5.64. The van der Waals surface area contributed by atoms with Gasteiger partial charge in [0.2, 0.25) is 0 Å². The molecule has 0 saturated heterocycles. The monoisotopic (exact) mass is 342 g/mol. The van der Waals surface area contributed by atoms with Gasteiger partial charge in [0.1, 0.15) is 0 Å². The predicted octanol–water partition coefficient (Wildman–Crippen LogP) is 2.09. The van der Waals surface area contributed by atoms with E-state index in [1.165, 1.54) is 0 Å². The van der Waals surface area contributed by atoms with Gasteiger partial charge in [-0.25, -0.2) is 4.79 Å². The number of aromatic amines is 1. The molecule has 0 radical (unpaired) electrons. The van der Waals surface area contributed by atoms with Crippen molar-refractivity contribution in [2.75, 3.05) is 20.6 Å². The van der Waals surface area contributed by atoms with Gasteiger partial charge in [0.15, 0.2) is 0 Å². The summed E-state index contributed by atoms with van der Waals surface area (Å²) in [4.78, 5) is 28.9. The first-order chi connectivity index (χ1) is 11.9. The second-order valence-corrected chi connectivity index (χ2v) is 6.40. The quantitative estimate of drug-likeness (QED) is 0.752. The molecule has 0 bridgehead atoms. The van der Waals surface area contributed by atoms with Gasteiger partial charge < -0.3 is 20.5 Å². The zero-order valence-electron chi connectivity index (χ0n) is 15.2. The van der Waals surface area contributed by atoms with Gasteiger partial charge in [0, 0.05) is 17.8 Å². The van der Waals surface area contributed by atoms with Crippen molar-refractivity contribution in [2.45, 2.75) is 26.4 Å². The Morgan fingerprint density at radius 2 is 1.84 bits per heavy atom. The Morgan fingerprint density at radius 3 is 2.44 bits per heavy atom. The minimum absolute atomic E-state index is 0.0801. The van der Waals surface area contributed by atoms with E-state index in [1.54, 1.807) is 0 Å². The van der Waals surface area contributed by atoms with E-state index in [1.807, 2.05) is 64.3 Å². The molecule has 0 saturated carbocycles. The fraction of sp³-hybridized carbons (Fsp3) is 0.368. The van der Waals surface area contributed by atoms with Gasteiger partial charge in [-0.05, 0) is 45.1 Å². The lowest BCUT2D eigenvalue weighted by molar-refractivity contribution is 0.232. The fourth-order valence-electron chi connectivity index (χ4n) is 2.80. The van der Waals surface area contributed by atoms with Crippen LogP contribution in [-0.2, 0) is 6.54 Å².